The molecule has 0 saturated heterocycles. The van der Waals surface area contributed by atoms with Gasteiger partial charge in [0.25, 0.3) is 5.91 Å². The smallest absolute Gasteiger partial charge is 0.323 e. The number of carbonyl (C=O) groups excluding carboxylic acids is 2. The third kappa shape index (κ3) is 4.67. The summed E-state index contributed by atoms with van der Waals surface area (Å²) in [5.41, 5.74) is 2.39. The molecule has 130 valence electrons. The maximum atomic E-state index is 12.5. The van der Waals surface area contributed by atoms with Gasteiger partial charge in [-0.15, -0.1) is 0 Å². The lowest BCUT2D eigenvalue weighted by molar-refractivity contribution is 0.0951. The second-order valence-corrected chi connectivity index (χ2v) is 5.53. The molecule has 0 unspecified atom stereocenters. The zero-order chi connectivity index (χ0) is 18.2. The van der Waals surface area contributed by atoms with Crippen molar-refractivity contribution in [2.45, 2.75) is 6.54 Å². The van der Waals surface area contributed by atoms with E-state index >= 15 is 0 Å². The van der Waals surface area contributed by atoms with E-state index in [1.807, 2.05) is 30.3 Å². The van der Waals surface area contributed by atoms with E-state index in [2.05, 4.69) is 20.9 Å². The fourth-order valence-corrected chi connectivity index (χ4v) is 2.38. The minimum absolute atomic E-state index is 0.274. The Kier molecular flexibility index (Phi) is 5.57. The minimum Gasteiger partial charge on any atom is -0.348 e. The van der Waals surface area contributed by atoms with E-state index in [4.69, 9.17) is 0 Å². The van der Waals surface area contributed by atoms with Crippen molar-refractivity contribution in [3.63, 3.8) is 0 Å². The van der Waals surface area contributed by atoms with Gasteiger partial charge in [-0.25, -0.2) is 4.79 Å². The summed E-state index contributed by atoms with van der Waals surface area (Å²) >= 11 is 0. The van der Waals surface area contributed by atoms with Crippen LogP contribution in [0, 0.1) is 0 Å². The van der Waals surface area contributed by atoms with Gasteiger partial charge in [0.05, 0.1) is 11.3 Å². The molecule has 0 saturated carbocycles. The molecule has 0 fully saturated rings. The van der Waals surface area contributed by atoms with Crippen LogP contribution < -0.4 is 16.0 Å². The Hall–Kier alpha value is -3.67. The summed E-state index contributed by atoms with van der Waals surface area (Å²) in [6.45, 7) is 0.358. The normalized spacial score (nSPS) is 10.0. The molecular weight excluding hydrogens is 328 g/mol. The number of hydrogen-bond donors (Lipinski definition) is 3. The molecule has 0 aliphatic carbocycles. The second kappa shape index (κ2) is 8.43. The zero-order valence-electron chi connectivity index (χ0n) is 14.0. The number of hydrogen-bond acceptors (Lipinski definition) is 3. The minimum atomic E-state index is -0.413. The summed E-state index contributed by atoms with van der Waals surface area (Å²) in [7, 11) is 0. The predicted octanol–water partition coefficient (Wildman–Crippen LogP) is 3.66. The molecule has 3 rings (SSSR count). The molecule has 0 atom stereocenters. The van der Waals surface area contributed by atoms with Crippen LogP contribution in [-0.4, -0.2) is 16.9 Å². The first-order valence-corrected chi connectivity index (χ1v) is 8.11. The van der Waals surface area contributed by atoms with Gasteiger partial charge in [0.1, 0.15) is 0 Å². The fraction of sp³-hybridized carbons (Fsp3) is 0.0500. The first-order chi connectivity index (χ1) is 12.7. The summed E-state index contributed by atoms with van der Waals surface area (Å²) in [5.74, 6) is -0.274. The largest absolute Gasteiger partial charge is 0.348 e. The van der Waals surface area contributed by atoms with Crippen LogP contribution in [0.15, 0.2) is 79.1 Å². The average Bonchev–Trinajstić information content (AvgIpc) is 2.68. The number of amides is 3. The quantitative estimate of drug-likeness (QED) is 0.659. The van der Waals surface area contributed by atoms with Crippen molar-refractivity contribution in [2.75, 3.05) is 10.6 Å². The number of aromatic nitrogens is 1. The standard InChI is InChI=1S/C20H18N4O2/c25-19(22-14-15-7-6-12-21-13-15)17-10-4-5-11-18(17)24-20(26)23-16-8-2-1-3-9-16/h1-13H,14H2,(H,22,25)(H2,23,24,26). The van der Waals surface area contributed by atoms with Crippen LogP contribution in [0.3, 0.4) is 0 Å². The van der Waals surface area contributed by atoms with Crippen LogP contribution >= 0.6 is 0 Å². The van der Waals surface area contributed by atoms with Crippen LogP contribution in [0.5, 0.6) is 0 Å². The van der Waals surface area contributed by atoms with Crippen molar-refractivity contribution < 1.29 is 9.59 Å². The van der Waals surface area contributed by atoms with Gasteiger partial charge in [-0.05, 0) is 35.9 Å². The molecule has 3 aromatic rings. The number of carbonyl (C=O) groups is 2. The molecular formula is C20H18N4O2. The van der Waals surface area contributed by atoms with Gasteiger partial charge in [0, 0.05) is 24.6 Å². The van der Waals surface area contributed by atoms with E-state index in [-0.39, 0.29) is 5.91 Å². The number of nitrogens with zero attached hydrogens (tertiary/aromatic N) is 1. The highest BCUT2D eigenvalue weighted by molar-refractivity contribution is 6.06. The molecule has 0 aliphatic rings. The molecule has 3 N–H and O–H groups in total. The third-order valence-electron chi connectivity index (χ3n) is 3.63. The molecule has 0 radical (unpaired) electrons. The highest BCUT2D eigenvalue weighted by Gasteiger charge is 2.13. The fourth-order valence-electron chi connectivity index (χ4n) is 2.38. The number of rotatable bonds is 5. The Morgan fingerprint density at radius 2 is 1.62 bits per heavy atom. The SMILES string of the molecule is O=C(Nc1ccccc1)Nc1ccccc1C(=O)NCc1cccnc1. The van der Waals surface area contributed by atoms with E-state index < -0.39 is 6.03 Å². The number of para-hydroxylation sites is 2. The van der Waals surface area contributed by atoms with E-state index in [1.54, 1.807) is 48.8 Å². The van der Waals surface area contributed by atoms with Crippen molar-refractivity contribution in [1.29, 1.82) is 0 Å². The third-order valence-corrected chi connectivity index (χ3v) is 3.63. The summed E-state index contributed by atoms with van der Waals surface area (Å²) < 4.78 is 0. The highest BCUT2D eigenvalue weighted by Crippen LogP contribution is 2.16. The van der Waals surface area contributed by atoms with Crippen molar-refractivity contribution >= 4 is 23.3 Å². The van der Waals surface area contributed by atoms with Crippen molar-refractivity contribution in [1.82, 2.24) is 10.3 Å². The first-order valence-electron chi connectivity index (χ1n) is 8.11. The summed E-state index contributed by atoms with van der Waals surface area (Å²) in [5, 5.41) is 8.27. The monoisotopic (exact) mass is 346 g/mol. The number of benzene rings is 2. The lowest BCUT2D eigenvalue weighted by Gasteiger charge is -2.12. The highest BCUT2D eigenvalue weighted by atomic mass is 16.2. The average molecular weight is 346 g/mol. The first kappa shape index (κ1) is 17.2. The van der Waals surface area contributed by atoms with Crippen LogP contribution in [0.1, 0.15) is 15.9 Å². The molecule has 1 heterocycles. The second-order valence-electron chi connectivity index (χ2n) is 5.53. The predicted molar refractivity (Wildman–Crippen MR) is 101 cm³/mol. The lowest BCUT2D eigenvalue weighted by Crippen LogP contribution is -2.26. The van der Waals surface area contributed by atoms with E-state index in [1.165, 1.54) is 0 Å². The maximum Gasteiger partial charge on any atom is 0.323 e. The van der Waals surface area contributed by atoms with E-state index in [0.717, 1.165) is 5.56 Å². The molecule has 26 heavy (non-hydrogen) atoms. The molecule has 3 amide bonds. The van der Waals surface area contributed by atoms with Gasteiger partial charge < -0.3 is 16.0 Å². The van der Waals surface area contributed by atoms with Crippen LogP contribution in [-0.2, 0) is 6.54 Å². The Labute approximate surface area is 151 Å². The number of nitrogens with one attached hydrogen (secondary N) is 3. The van der Waals surface area contributed by atoms with Crippen molar-refractivity contribution in [3.05, 3.63) is 90.3 Å². The molecule has 1 aromatic heterocycles. The topological polar surface area (TPSA) is 83.1 Å². The van der Waals surface area contributed by atoms with Gasteiger partial charge in [-0.1, -0.05) is 36.4 Å². The summed E-state index contributed by atoms with van der Waals surface area (Å²) in [6.07, 6.45) is 3.37. The Balaban J connectivity index is 1.65. The van der Waals surface area contributed by atoms with Gasteiger partial charge in [0.15, 0.2) is 0 Å². The summed E-state index contributed by atoms with van der Waals surface area (Å²) in [6, 6.07) is 19.2. The summed E-state index contributed by atoms with van der Waals surface area (Å²) in [4.78, 5) is 28.7. The molecule has 6 nitrogen and oxygen atoms in total. The number of pyridine rings is 1. The van der Waals surface area contributed by atoms with Crippen LogP contribution in [0.4, 0.5) is 16.2 Å². The van der Waals surface area contributed by atoms with Gasteiger partial charge in [-0.3, -0.25) is 9.78 Å². The van der Waals surface area contributed by atoms with Gasteiger partial charge >= 0.3 is 6.03 Å². The van der Waals surface area contributed by atoms with Gasteiger partial charge in [-0.2, -0.15) is 0 Å². The Bertz CT molecular complexity index is 883. The Morgan fingerprint density at radius 3 is 2.38 bits per heavy atom. The lowest BCUT2D eigenvalue weighted by atomic mass is 10.1. The van der Waals surface area contributed by atoms with Crippen molar-refractivity contribution in [2.24, 2.45) is 0 Å². The van der Waals surface area contributed by atoms with Crippen LogP contribution in [0.25, 0.3) is 0 Å². The van der Waals surface area contributed by atoms with Crippen molar-refractivity contribution in [3.8, 4) is 0 Å². The molecule has 2 aromatic carbocycles. The Morgan fingerprint density at radius 1 is 0.846 bits per heavy atom. The van der Waals surface area contributed by atoms with Crippen LogP contribution in [0.2, 0.25) is 0 Å². The number of anilines is 2. The van der Waals surface area contributed by atoms with E-state index in [0.29, 0.717) is 23.5 Å². The molecule has 0 bridgehead atoms. The molecule has 0 aliphatic heterocycles. The van der Waals surface area contributed by atoms with Gasteiger partial charge in [0.2, 0.25) is 0 Å². The van der Waals surface area contributed by atoms with E-state index in [9.17, 15) is 9.59 Å². The number of urea groups is 1. The molecule has 0 spiro atoms. The maximum absolute atomic E-state index is 12.5. The zero-order valence-corrected chi connectivity index (χ0v) is 14.0. The molecule has 6 heteroatoms.